The first-order valence-electron chi connectivity index (χ1n) is 14.5. The number of nitrogens with zero attached hydrogens (tertiary/aromatic N) is 5. The van der Waals surface area contributed by atoms with Gasteiger partial charge in [0, 0.05) is 81.6 Å². The number of benzene rings is 1. The molecule has 2 aromatic rings. The first-order chi connectivity index (χ1) is 18.6. The zero-order valence-electron chi connectivity index (χ0n) is 22.8. The van der Waals surface area contributed by atoms with Gasteiger partial charge in [-0.3, -0.25) is 0 Å². The Morgan fingerprint density at radius 3 is 2.58 bits per heavy atom. The van der Waals surface area contributed by atoms with Gasteiger partial charge in [0.25, 0.3) is 0 Å². The molecule has 2 saturated carbocycles. The minimum atomic E-state index is 0.613. The smallest absolute Gasteiger partial charge is 0.132 e. The van der Waals surface area contributed by atoms with E-state index in [1.54, 1.807) is 0 Å². The first-order valence-corrected chi connectivity index (χ1v) is 15.4. The molecule has 0 unspecified atom stereocenters. The van der Waals surface area contributed by atoms with Gasteiger partial charge in [0.2, 0.25) is 0 Å². The van der Waals surface area contributed by atoms with E-state index in [-0.39, 0.29) is 0 Å². The highest BCUT2D eigenvalue weighted by atomic mass is 32.2. The van der Waals surface area contributed by atoms with E-state index in [4.69, 9.17) is 4.98 Å². The second kappa shape index (κ2) is 11.2. The fraction of sp³-hybridized carbons (Fsp3) is 0.548. The highest BCUT2D eigenvalue weighted by Crippen LogP contribution is 2.47. The van der Waals surface area contributed by atoms with Crippen molar-refractivity contribution in [3.63, 3.8) is 0 Å². The lowest BCUT2D eigenvalue weighted by Gasteiger charge is -2.39. The summed E-state index contributed by atoms with van der Waals surface area (Å²) in [6.07, 6.45) is 11.2. The number of aromatic nitrogens is 1. The largest absolute Gasteiger partial charge is 0.375 e. The molecule has 0 amide bonds. The van der Waals surface area contributed by atoms with E-state index in [2.05, 4.69) is 63.1 Å². The van der Waals surface area contributed by atoms with Crippen molar-refractivity contribution in [1.82, 2.24) is 9.88 Å². The summed E-state index contributed by atoms with van der Waals surface area (Å²) in [5.74, 6) is 3.89. The summed E-state index contributed by atoms with van der Waals surface area (Å²) in [6, 6.07) is 9.29. The van der Waals surface area contributed by atoms with Crippen LogP contribution in [-0.2, 0) is 4.79 Å². The van der Waals surface area contributed by atoms with Crippen LogP contribution in [0.2, 0.25) is 0 Å². The predicted molar refractivity (Wildman–Crippen MR) is 160 cm³/mol. The zero-order valence-corrected chi connectivity index (χ0v) is 23.6. The molecule has 2 aliphatic carbocycles. The lowest BCUT2D eigenvalue weighted by molar-refractivity contribution is -0.107. The van der Waals surface area contributed by atoms with E-state index in [0.29, 0.717) is 6.42 Å². The fourth-order valence-corrected chi connectivity index (χ4v) is 6.86. The molecule has 2 aliphatic heterocycles. The molecular weight excluding hydrogens is 490 g/mol. The number of aldehydes is 1. The Balaban J connectivity index is 1.16. The number of rotatable bonds is 11. The van der Waals surface area contributed by atoms with E-state index in [1.165, 1.54) is 71.7 Å². The third kappa shape index (κ3) is 5.54. The summed E-state index contributed by atoms with van der Waals surface area (Å²) in [5.41, 5.74) is 7.81. The van der Waals surface area contributed by atoms with Crippen molar-refractivity contribution in [1.29, 1.82) is 0 Å². The molecule has 0 N–H and O–H groups in total. The Kier molecular flexibility index (Phi) is 7.55. The Labute approximate surface area is 232 Å². The Hall–Kier alpha value is -2.67. The number of anilines is 3. The van der Waals surface area contributed by atoms with Crippen LogP contribution in [0.4, 0.5) is 17.2 Å². The van der Waals surface area contributed by atoms with Gasteiger partial charge < -0.3 is 23.8 Å². The van der Waals surface area contributed by atoms with E-state index >= 15 is 0 Å². The van der Waals surface area contributed by atoms with Crippen LogP contribution in [0.25, 0.3) is 5.70 Å². The molecule has 0 radical (unpaired) electrons. The first kappa shape index (κ1) is 25.6. The SMILES string of the molecule is C=C(c1ccc(N(C)CCCC=O)cc1N1CCCS1)N1CCN(c2ncc(C3CC3)cc2C2CC2)CC1. The van der Waals surface area contributed by atoms with Crippen LogP contribution in [0.5, 0.6) is 0 Å². The third-order valence-electron chi connectivity index (χ3n) is 8.51. The molecule has 7 heteroatoms. The summed E-state index contributed by atoms with van der Waals surface area (Å²) < 4.78 is 2.45. The van der Waals surface area contributed by atoms with Gasteiger partial charge in [-0.25, -0.2) is 4.98 Å². The molecule has 4 aliphatic rings. The molecule has 3 heterocycles. The van der Waals surface area contributed by atoms with Crippen molar-refractivity contribution in [2.45, 2.75) is 56.8 Å². The highest BCUT2D eigenvalue weighted by Gasteiger charge is 2.33. The molecule has 0 spiro atoms. The lowest BCUT2D eigenvalue weighted by atomic mass is 10.0. The maximum absolute atomic E-state index is 10.8. The lowest BCUT2D eigenvalue weighted by Crippen LogP contribution is -2.46. The van der Waals surface area contributed by atoms with Gasteiger partial charge in [0.15, 0.2) is 0 Å². The number of unbranched alkanes of at least 4 members (excludes halogenated alkanes) is 1. The fourth-order valence-electron chi connectivity index (χ4n) is 5.84. The second-order valence-electron chi connectivity index (χ2n) is 11.4. The van der Waals surface area contributed by atoms with Gasteiger partial charge in [0.05, 0.1) is 5.69 Å². The average Bonchev–Trinajstić information content (AvgIpc) is 3.90. The van der Waals surface area contributed by atoms with E-state index in [9.17, 15) is 4.79 Å². The normalized spacial score (nSPS) is 19.7. The van der Waals surface area contributed by atoms with Gasteiger partial charge in [0.1, 0.15) is 12.1 Å². The monoisotopic (exact) mass is 531 g/mol. The number of carbonyl (C=O) groups is 1. The molecule has 1 aromatic carbocycles. The van der Waals surface area contributed by atoms with Crippen molar-refractivity contribution in [2.24, 2.45) is 0 Å². The van der Waals surface area contributed by atoms with Gasteiger partial charge in [-0.05, 0) is 91.6 Å². The molecular formula is C31H41N5OS. The van der Waals surface area contributed by atoms with Crippen molar-refractivity contribution < 1.29 is 4.79 Å². The van der Waals surface area contributed by atoms with Crippen LogP contribution in [0.3, 0.4) is 0 Å². The molecule has 1 aromatic heterocycles. The van der Waals surface area contributed by atoms with Crippen LogP contribution in [0.15, 0.2) is 37.0 Å². The minimum absolute atomic E-state index is 0.613. The Morgan fingerprint density at radius 1 is 1.11 bits per heavy atom. The maximum atomic E-state index is 10.8. The van der Waals surface area contributed by atoms with Crippen LogP contribution in [0, 0.1) is 0 Å². The minimum Gasteiger partial charge on any atom is -0.375 e. The molecule has 38 heavy (non-hydrogen) atoms. The average molecular weight is 532 g/mol. The number of carbonyl (C=O) groups excluding carboxylic acids is 1. The molecule has 202 valence electrons. The predicted octanol–water partition coefficient (Wildman–Crippen LogP) is 5.90. The summed E-state index contributed by atoms with van der Waals surface area (Å²) in [6.45, 7) is 10.5. The second-order valence-corrected chi connectivity index (χ2v) is 12.5. The van der Waals surface area contributed by atoms with Gasteiger partial charge >= 0.3 is 0 Å². The standard InChI is InChI=1S/C31H41N5OS/c1-23(28-11-10-27(33(2)12-3-4-18-37)21-30(28)36-13-5-19-38-36)34-14-16-35(17-15-34)31-29(25-8-9-25)20-26(22-32-31)24-6-7-24/h10-11,18,20-22,24-25H,1,3-9,12-17,19H2,2H3. The number of hydrogen-bond donors (Lipinski definition) is 0. The summed E-state index contributed by atoms with van der Waals surface area (Å²) in [5, 5.41) is 0. The highest BCUT2D eigenvalue weighted by molar-refractivity contribution is 8.00. The summed E-state index contributed by atoms with van der Waals surface area (Å²) >= 11 is 1.92. The van der Waals surface area contributed by atoms with Crippen molar-refractivity contribution in [2.75, 3.05) is 66.2 Å². The molecule has 0 bridgehead atoms. The third-order valence-corrected chi connectivity index (χ3v) is 9.68. The van der Waals surface area contributed by atoms with Crippen molar-refractivity contribution in [3.05, 3.63) is 53.7 Å². The van der Waals surface area contributed by atoms with Crippen LogP contribution in [-0.4, -0.2) is 68.2 Å². The van der Waals surface area contributed by atoms with Gasteiger partial charge in [-0.1, -0.05) is 12.6 Å². The van der Waals surface area contributed by atoms with E-state index < -0.39 is 0 Å². The number of hydrogen-bond acceptors (Lipinski definition) is 7. The van der Waals surface area contributed by atoms with E-state index in [1.807, 2.05) is 11.9 Å². The van der Waals surface area contributed by atoms with Gasteiger partial charge in [-0.15, -0.1) is 0 Å². The van der Waals surface area contributed by atoms with Crippen LogP contribution >= 0.6 is 11.9 Å². The molecule has 0 atom stereocenters. The number of pyridine rings is 1. The van der Waals surface area contributed by atoms with Crippen LogP contribution < -0.4 is 14.1 Å². The zero-order chi connectivity index (χ0) is 26.1. The number of piperazine rings is 1. The van der Waals surface area contributed by atoms with E-state index in [0.717, 1.165) is 69.5 Å². The quantitative estimate of drug-likeness (QED) is 0.203. The van der Waals surface area contributed by atoms with Crippen LogP contribution in [0.1, 0.15) is 73.5 Å². The maximum Gasteiger partial charge on any atom is 0.132 e. The topological polar surface area (TPSA) is 42.9 Å². The molecule has 2 saturated heterocycles. The van der Waals surface area contributed by atoms with Crippen molar-refractivity contribution >= 4 is 41.1 Å². The molecule has 4 fully saturated rings. The Morgan fingerprint density at radius 2 is 1.89 bits per heavy atom. The Bertz CT molecular complexity index is 1160. The molecule has 6 rings (SSSR count). The summed E-state index contributed by atoms with van der Waals surface area (Å²) in [7, 11) is 2.12. The summed E-state index contributed by atoms with van der Waals surface area (Å²) in [4.78, 5) is 23.0. The van der Waals surface area contributed by atoms with Crippen molar-refractivity contribution in [3.8, 4) is 0 Å². The molecule has 6 nitrogen and oxygen atoms in total. The van der Waals surface area contributed by atoms with Gasteiger partial charge in [-0.2, -0.15) is 0 Å².